The van der Waals surface area contributed by atoms with Gasteiger partial charge in [0.25, 0.3) is 0 Å². The Balaban J connectivity index is 1.75. The molecule has 0 bridgehead atoms. The van der Waals surface area contributed by atoms with Crippen molar-refractivity contribution in [3.63, 3.8) is 0 Å². The van der Waals surface area contributed by atoms with Crippen LogP contribution in [0.5, 0.6) is 11.6 Å². The Bertz CT molecular complexity index is 1410. The summed E-state index contributed by atoms with van der Waals surface area (Å²) in [6.07, 6.45) is -8.41. The summed E-state index contributed by atoms with van der Waals surface area (Å²) >= 11 is 0. The van der Waals surface area contributed by atoms with Crippen LogP contribution in [0.3, 0.4) is 0 Å². The minimum absolute atomic E-state index is 0.157. The fraction of sp³-hybridized carbons (Fsp3) is 0.192. The zero-order valence-electron chi connectivity index (χ0n) is 19.8. The molecule has 2 N–H and O–H groups in total. The summed E-state index contributed by atoms with van der Waals surface area (Å²) in [7, 11) is 0. The van der Waals surface area contributed by atoms with E-state index in [0.717, 1.165) is 24.4 Å². The highest BCUT2D eigenvalue weighted by Crippen LogP contribution is 2.40. The summed E-state index contributed by atoms with van der Waals surface area (Å²) < 4.78 is 95.2. The van der Waals surface area contributed by atoms with Gasteiger partial charge in [-0.2, -0.15) is 13.2 Å². The molecule has 0 unspecified atom stereocenters. The van der Waals surface area contributed by atoms with E-state index in [9.17, 15) is 35.8 Å². The van der Waals surface area contributed by atoms with Crippen molar-refractivity contribution in [3.8, 4) is 28.6 Å². The van der Waals surface area contributed by atoms with Gasteiger partial charge < -0.3 is 15.2 Å². The van der Waals surface area contributed by atoms with Gasteiger partial charge in [0.15, 0.2) is 0 Å². The van der Waals surface area contributed by atoms with Gasteiger partial charge in [0.1, 0.15) is 17.3 Å². The number of benzene rings is 2. The molecule has 5 nitrogen and oxygen atoms in total. The highest BCUT2D eigenvalue weighted by atomic mass is 19.4. The molecule has 4 aromatic rings. The summed E-state index contributed by atoms with van der Waals surface area (Å²) in [5.74, 6) is -1.31. The van der Waals surface area contributed by atoms with Gasteiger partial charge in [-0.1, -0.05) is 6.07 Å². The topological polar surface area (TPSA) is 59.3 Å². The molecule has 0 saturated heterocycles. The lowest BCUT2D eigenvalue weighted by atomic mass is 9.95. The third-order valence-corrected chi connectivity index (χ3v) is 5.67. The summed E-state index contributed by atoms with van der Waals surface area (Å²) in [5.41, 5.74) is -0.443. The molecular formula is C26H20F7N3O2. The SMILES string of the molecule is CC(C)(Nc1cc(-c2ccc(F)cc2)n(-c2ccc(OC(F)(F)F)cc2)c1O)c1ccc(C(F)(F)F)nc1. The number of aromatic nitrogens is 2. The van der Waals surface area contributed by atoms with Crippen LogP contribution in [0.25, 0.3) is 16.9 Å². The maximum atomic E-state index is 13.6. The van der Waals surface area contributed by atoms with Crippen LogP contribution in [0, 0.1) is 5.82 Å². The molecule has 0 radical (unpaired) electrons. The van der Waals surface area contributed by atoms with E-state index in [1.165, 1.54) is 53.1 Å². The minimum atomic E-state index is -4.88. The molecule has 2 aromatic heterocycles. The van der Waals surface area contributed by atoms with Crippen LogP contribution >= 0.6 is 0 Å². The van der Waals surface area contributed by atoms with Gasteiger partial charge in [0.05, 0.1) is 16.9 Å². The van der Waals surface area contributed by atoms with Crippen molar-refractivity contribution in [2.24, 2.45) is 0 Å². The van der Waals surface area contributed by atoms with Gasteiger partial charge in [-0.3, -0.25) is 9.55 Å². The van der Waals surface area contributed by atoms with E-state index in [-0.39, 0.29) is 17.3 Å². The standard InChI is InChI=1S/C26H20F7N3O2/c1-24(2,16-5-12-22(34-14-16)25(28,29)30)35-20-13-21(15-3-6-17(27)7-4-15)36(23(20)37)18-8-10-19(11-9-18)38-26(31,32)33/h3-14,35,37H,1-2H3. The number of alkyl halides is 6. The quantitative estimate of drug-likeness (QED) is 0.247. The molecule has 38 heavy (non-hydrogen) atoms. The summed E-state index contributed by atoms with van der Waals surface area (Å²) in [6.45, 7) is 3.32. The van der Waals surface area contributed by atoms with Crippen LogP contribution in [0.1, 0.15) is 25.1 Å². The molecule has 0 amide bonds. The molecule has 2 aromatic carbocycles. The Labute approximate surface area is 212 Å². The molecule has 0 fully saturated rings. The summed E-state index contributed by atoms with van der Waals surface area (Å²) in [5, 5.41) is 14.2. The van der Waals surface area contributed by atoms with Crippen LogP contribution in [0.2, 0.25) is 0 Å². The van der Waals surface area contributed by atoms with Gasteiger partial charge in [0, 0.05) is 11.9 Å². The molecule has 4 rings (SSSR count). The van der Waals surface area contributed by atoms with E-state index in [1.54, 1.807) is 13.8 Å². The van der Waals surface area contributed by atoms with Crippen LogP contribution < -0.4 is 10.1 Å². The van der Waals surface area contributed by atoms with Crippen LogP contribution in [0.4, 0.5) is 36.4 Å². The van der Waals surface area contributed by atoms with E-state index in [2.05, 4.69) is 15.0 Å². The fourth-order valence-corrected chi connectivity index (χ4v) is 3.82. The zero-order valence-corrected chi connectivity index (χ0v) is 19.8. The summed E-state index contributed by atoms with van der Waals surface area (Å²) in [4.78, 5) is 3.48. The van der Waals surface area contributed by atoms with E-state index in [0.29, 0.717) is 16.8 Å². The molecule has 0 aliphatic heterocycles. The molecule has 0 aliphatic carbocycles. The largest absolute Gasteiger partial charge is 0.573 e. The average molecular weight is 539 g/mol. The van der Waals surface area contributed by atoms with Crippen molar-refractivity contribution in [2.45, 2.75) is 31.9 Å². The third-order valence-electron chi connectivity index (χ3n) is 5.67. The molecule has 2 heterocycles. The first-order chi connectivity index (χ1) is 17.6. The Kier molecular flexibility index (Phi) is 6.77. The smallest absolute Gasteiger partial charge is 0.493 e. The second-order valence-electron chi connectivity index (χ2n) is 8.83. The number of hydrogen-bond donors (Lipinski definition) is 2. The Morgan fingerprint density at radius 3 is 2.03 bits per heavy atom. The Morgan fingerprint density at radius 2 is 1.50 bits per heavy atom. The monoisotopic (exact) mass is 539 g/mol. The van der Waals surface area contributed by atoms with Gasteiger partial charge in [0.2, 0.25) is 5.88 Å². The second-order valence-corrected chi connectivity index (χ2v) is 8.83. The van der Waals surface area contributed by atoms with Crippen molar-refractivity contribution in [2.75, 3.05) is 5.32 Å². The number of nitrogens with zero attached hydrogens (tertiary/aromatic N) is 2. The van der Waals surface area contributed by atoms with Crippen molar-refractivity contribution in [1.82, 2.24) is 9.55 Å². The minimum Gasteiger partial charge on any atom is -0.493 e. The average Bonchev–Trinajstić information content (AvgIpc) is 3.14. The van der Waals surface area contributed by atoms with Gasteiger partial charge in [-0.15, -0.1) is 13.2 Å². The lowest BCUT2D eigenvalue weighted by Crippen LogP contribution is -2.28. The Morgan fingerprint density at radius 1 is 0.868 bits per heavy atom. The highest BCUT2D eigenvalue weighted by molar-refractivity contribution is 5.74. The number of nitrogens with one attached hydrogen (secondary N) is 1. The number of halogens is 7. The normalized spacial score (nSPS) is 12.4. The number of pyridine rings is 1. The number of ether oxygens (including phenoxy) is 1. The van der Waals surface area contributed by atoms with Crippen LogP contribution in [-0.2, 0) is 11.7 Å². The lowest BCUT2D eigenvalue weighted by molar-refractivity contribution is -0.274. The second kappa shape index (κ2) is 9.58. The number of anilines is 1. The van der Waals surface area contributed by atoms with E-state index >= 15 is 0 Å². The molecule has 0 saturated carbocycles. The first kappa shape index (κ1) is 26.8. The lowest BCUT2D eigenvalue weighted by Gasteiger charge is -2.27. The predicted octanol–water partition coefficient (Wildman–Crippen LogP) is 7.65. The first-order valence-corrected chi connectivity index (χ1v) is 11.0. The first-order valence-electron chi connectivity index (χ1n) is 11.0. The van der Waals surface area contributed by atoms with Gasteiger partial charge in [-0.25, -0.2) is 4.39 Å². The number of aromatic hydroxyl groups is 1. The van der Waals surface area contributed by atoms with Gasteiger partial charge >= 0.3 is 12.5 Å². The van der Waals surface area contributed by atoms with E-state index in [1.807, 2.05) is 0 Å². The van der Waals surface area contributed by atoms with Crippen molar-refractivity contribution < 1.29 is 40.6 Å². The fourth-order valence-electron chi connectivity index (χ4n) is 3.82. The van der Waals surface area contributed by atoms with Crippen molar-refractivity contribution in [1.29, 1.82) is 0 Å². The van der Waals surface area contributed by atoms with Crippen molar-refractivity contribution >= 4 is 5.69 Å². The molecule has 12 heteroatoms. The molecule has 200 valence electrons. The highest BCUT2D eigenvalue weighted by Gasteiger charge is 2.33. The maximum Gasteiger partial charge on any atom is 0.573 e. The van der Waals surface area contributed by atoms with Crippen LogP contribution in [-0.4, -0.2) is 21.0 Å². The Hall–Kier alpha value is -4.22. The van der Waals surface area contributed by atoms with E-state index in [4.69, 9.17) is 0 Å². The molecule has 0 atom stereocenters. The predicted molar refractivity (Wildman–Crippen MR) is 125 cm³/mol. The third kappa shape index (κ3) is 5.84. The van der Waals surface area contributed by atoms with Gasteiger partial charge in [-0.05, 0) is 85.6 Å². The van der Waals surface area contributed by atoms with E-state index < -0.39 is 35.3 Å². The molecule has 0 aliphatic rings. The number of hydrogen-bond acceptors (Lipinski definition) is 4. The summed E-state index contributed by atoms with van der Waals surface area (Å²) in [6, 6.07) is 13.7. The maximum absolute atomic E-state index is 13.6. The van der Waals surface area contributed by atoms with Crippen LogP contribution in [0.15, 0.2) is 72.9 Å². The number of rotatable bonds is 6. The molecule has 0 spiro atoms. The zero-order chi connectivity index (χ0) is 27.9. The van der Waals surface area contributed by atoms with Crippen molar-refractivity contribution in [3.05, 3.63) is 90.0 Å². The molecular weight excluding hydrogens is 519 g/mol.